The lowest BCUT2D eigenvalue weighted by Crippen LogP contribution is -2.49. The van der Waals surface area contributed by atoms with Gasteiger partial charge in [-0.3, -0.25) is 4.79 Å². The number of hydrogen-bond acceptors (Lipinski definition) is 5. The van der Waals surface area contributed by atoms with Crippen molar-refractivity contribution in [1.82, 2.24) is 14.9 Å². The molecule has 1 aromatic carbocycles. The first-order valence-electron chi connectivity index (χ1n) is 10.6. The monoisotopic (exact) mass is 433 g/mol. The number of aryl methyl sites for hydroxylation is 1. The van der Waals surface area contributed by atoms with Gasteiger partial charge >= 0.3 is 6.18 Å². The minimum absolute atomic E-state index is 0.0635. The molecule has 0 saturated carbocycles. The first-order chi connectivity index (χ1) is 14.8. The lowest BCUT2D eigenvalue weighted by Gasteiger charge is -2.36. The van der Waals surface area contributed by atoms with Gasteiger partial charge in [-0.15, -0.1) is 0 Å². The third-order valence-electron chi connectivity index (χ3n) is 5.80. The summed E-state index contributed by atoms with van der Waals surface area (Å²) < 4.78 is 38.9. The maximum absolute atomic E-state index is 13.0. The van der Waals surface area contributed by atoms with Crippen molar-refractivity contribution in [2.75, 3.05) is 49.1 Å². The number of nitrogens with zero attached hydrogens (tertiary/aromatic N) is 5. The van der Waals surface area contributed by atoms with Gasteiger partial charge < -0.3 is 14.7 Å². The molecule has 0 bridgehead atoms. The van der Waals surface area contributed by atoms with E-state index in [4.69, 9.17) is 4.98 Å². The number of halogens is 3. The predicted molar refractivity (Wildman–Crippen MR) is 112 cm³/mol. The normalized spacial score (nSPS) is 17.7. The van der Waals surface area contributed by atoms with Crippen molar-refractivity contribution in [3.8, 4) is 0 Å². The van der Waals surface area contributed by atoms with Crippen LogP contribution in [-0.4, -0.2) is 60.0 Å². The van der Waals surface area contributed by atoms with Crippen LogP contribution in [0.25, 0.3) is 0 Å². The largest absolute Gasteiger partial charge is 0.416 e. The van der Waals surface area contributed by atoms with E-state index < -0.39 is 11.7 Å². The number of piperidine rings is 1. The molecule has 2 saturated heterocycles. The Kier molecular flexibility index (Phi) is 6.02. The number of amides is 1. The number of rotatable bonds is 3. The average molecular weight is 433 g/mol. The molecule has 31 heavy (non-hydrogen) atoms. The van der Waals surface area contributed by atoms with Crippen LogP contribution < -0.4 is 9.80 Å². The van der Waals surface area contributed by atoms with Crippen molar-refractivity contribution in [2.45, 2.75) is 32.4 Å². The Bertz CT molecular complexity index is 935. The van der Waals surface area contributed by atoms with Gasteiger partial charge in [-0.05, 0) is 44.4 Å². The van der Waals surface area contributed by atoms with Gasteiger partial charge in [0.15, 0.2) is 0 Å². The highest BCUT2D eigenvalue weighted by molar-refractivity contribution is 5.94. The first-order valence-corrected chi connectivity index (χ1v) is 10.6. The van der Waals surface area contributed by atoms with E-state index in [0.717, 1.165) is 55.5 Å². The summed E-state index contributed by atoms with van der Waals surface area (Å²) in [5.41, 5.74) is 0.153. The Morgan fingerprint density at radius 1 is 0.903 bits per heavy atom. The molecule has 9 heteroatoms. The minimum atomic E-state index is -4.47. The zero-order chi connectivity index (χ0) is 22.0. The third-order valence-corrected chi connectivity index (χ3v) is 5.80. The van der Waals surface area contributed by atoms with E-state index in [0.29, 0.717) is 26.2 Å². The standard InChI is InChI=1S/C22H26F3N5O/c1-16-14-19(27-21(26-16)30-8-3-2-4-9-30)28-10-12-29(13-11-28)20(31)17-6-5-7-18(15-17)22(23,24)25/h5-7,14-15H,2-4,8-13H2,1H3. The summed E-state index contributed by atoms with van der Waals surface area (Å²) in [6.45, 7) is 5.87. The van der Waals surface area contributed by atoms with Crippen LogP contribution in [0.1, 0.15) is 40.9 Å². The molecule has 2 aromatic rings. The van der Waals surface area contributed by atoms with Crippen LogP contribution in [0.15, 0.2) is 30.3 Å². The molecule has 0 aliphatic carbocycles. The summed E-state index contributed by atoms with van der Waals surface area (Å²) in [4.78, 5) is 28.0. The second-order valence-corrected chi connectivity index (χ2v) is 8.07. The minimum Gasteiger partial charge on any atom is -0.353 e. The van der Waals surface area contributed by atoms with Crippen LogP contribution in [0, 0.1) is 6.92 Å². The molecular formula is C22H26F3N5O. The van der Waals surface area contributed by atoms with Crippen molar-refractivity contribution < 1.29 is 18.0 Å². The van der Waals surface area contributed by atoms with Gasteiger partial charge in [0.2, 0.25) is 5.95 Å². The van der Waals surface area contributed by atoms with E-state index >= 15 is 0 Å². The van der Waals surface area contributed by atoms with Crippen LogP contribution >= 0.6 is 0 Å². The fourth-order valence-electron chi connectivity index (χ4n) is 4.08. The van der Waals surface area contributed by atoms with Crippen LogP contribution in [0.5, 0.6) is 0 Å². The Labute approximate surface area is 179 Å². The van der Waals surface area contributed by atoms with Gasteiger partial charge in [-0.2, -0.15) is 18.2 Å². The summed E-state index contributed by atoms with van der Waals surface area (Å²) in [7, 11) is 0. The van der Waals surface area contributed by atoms with E-state index in [1.54, 1.807) is 4.90 Å². The predicted octanol–water partition coefficient (Wildman–Crippen LogP) is 3.76. The zero-order valence-corrected chi connectivity index (χ0v) is 17.5. The highest BCUT2D eigenvalue weighted by Crippen LogP contribution is 2.30. The van der Waals surface area contributed by atoms with Crippen molar-refractivity contribution in [1.29, 1.82) is 0 Å². The average Bonchev–Trinajstić information content (AvgIpc) is 2.78. The van der Waals surface area contributed by atoms with Crippen LogP contribution in [-0.2, 0) is 6.18 Å². The smallest absolute Gasteiger partial charge is 0.353 e. The van der Waals surface area contributed by atoms with E-state index in [2.05, 4.69) is 14.8 Å². The fraction of sp³-hybridized carbons (Fsp3) is 0.500. The van der Waals surface area contributed by atoms with Crippen molar-refractivity contribution in [3.63, 3.8) is 0 Å². The lowest BCUT2D eigenvalue weighted by atomic mass is 10.1. The molecule has 0 N–H and O–H groups in total. The van der Waals surface area contributed by atoms with E-state index in [-0.39, 0.29) is 11.5 Å². The summed E-state index contributed by atoms with van der Waals surface area (Å²) in [5.74, 6) is 1.20. The van der Waals surface area contributed by atoms with Crippen LogP contribution in [0.4, 0.5) is 24.9 Å². The molecule has 0 radical (unpaired) electrons. The van der Waals surface area contributed by atoms with Gasteiger partial charge in [-0.1, -0.05) is 6.07 Å². The first kappa shape index (κ1) is 21.4. The maximum atomic E-state index is 13.0. The number of aromatic nitrogens is 2. The molecule has 4 rings (SSSR count). The molecule has 2 fully saturated rings. The second kappa shape index (κ2) is 8.72. The Hall–Kier alpha value is -2.84. The number of alkyl halides is 3. The summed E-state index contributed by atoms with van der Waals surface area (Å²) in [6.07, 6.45) is -0.950. The van der Waals surface area contributed by atoms with Crippen molar-refractivity contribution in [2.24, 2.45) is 0 Å². The highest BCUT2D eigenvalue weighted by Gasteiger charge is 2.32. The summed E-state index contributed by atoms with van der Waals surface area (Å²) in [5, 5.41) is 0. The molecule has 0 spiro atoms. The second-order valence-electron chi connectivity index (χ2n) is 8.07. The molecule has 166 valence electrons. The van der Waals surface area contributed by atoms with Gasteiger partial charge in [-0.25, -0.2) is 4.98 Å². The summed E-state index contributed by atoms with van der Waals surface area (Å²) >= 11 is 0. The molecule has 1 amide bonds. The Balaban J connectivity index is 1.43. The number of carbonyl (C=O) groups excluding carboxylic acids is 1. The quantitative estimate of drug-likeness (QED) is 0.738. The Morgan fingerprint density at radius 2 is 1.61 bits per heavy atom. The van der Waals surface area contributed by atoms with Crippen LogP contribution in [0.2, 0.25) is 0 Å². The fourth-order valence-corrected chi connectivity index (χ4v) is 4.08. The molecule has 2 aliphatic heterocycles. The Morgan fingerprint density at radius 3 is 2.29 bits per heavy atom. The topological polar surface area (TPSA) is 52.6 Å². The molecule has 6 nitrogen and oxygen atoms in total. The molecule has 1 aromatic heterocycles. The van der Waals surface area contributed by atoms with E-state index in [1.165, 1.54) is 18.6 Å². The van der Waals surface area contributed by atoms with Crippen LogP contribution in [0.3, 0.4) is 0 Å². The van der Waals surface area contributed by atoms with E-state index in [9.17, 15) is 18.0 Å². The molecule has 0 atom stereocenters. The highest BCUT2D eigenvalue weighted by atomic mass is 19.4. The SMILES string of the molecule is Cc1cc(N2CCN(C(=O)c3cccc(C(F)(F)F)c3)CC2)nc(N2CCCCC2)n1. The van der Waals surface area contributed by atoms with Gasteiger partial charge in [0, 0.05) is 56.6 Å². The maximum Gasteiger partial charge on any atom is 0.416 e. The molecule has 2 aliphatic rings. The lowest BCUT2D eigenvalue weighted by molar-refractivity contribution is -0.137. The van der Waals surface area contributed by atoms with Gasteiger partial charge in [0.25, 0.3) is 5.91 Å². The number of piperazine rings is 1. The van der Waals surface area contributed by atoms with Crippen molar-refractivity contribution >= 4 is 17.7 Å². The number of hydrogen-bond donors (Lipinski definition) is 0. The molecule has 3 heterocycles. The van der Waals surface area contributed by atoms with Crippen molar-refractivity contribution in [3.05, 3.63) is 47.2 Å². The van der Waals surface area contributed by atoms with E-state index in [1.807, 2.05) is 13.0 Å². The summed E-state index contributed by atoms with van der Waals surface area (Å²) in [6, 6.07) is 6.55. The van der Waals surface area contributed by atoms with Gasteiger partial charge in [0.1, 0.15) is 5.82 Å². The number of carbonyl (C=O) groups is 1. The number of benzene rings is 1. The van der Waals surface area contributed by atoms with Gasteiger partial charge in [0.05, 0.1) is 5.56 Å². The molecular weight excluding hydrogens is 407 g/mol. The zero-order valence-electron chi connectivity index (χ0n) is 17.5. The number of anilines is 2. The third kappa shape index (κ3) is 4.91. The molecule has 0 unspecified atom stereocenters.